The molecule has 1 N–H and O–H groups in total. The van der Waals surface area contributed by atoms with Crippen molar-refractivity contribution in [1.29, 1.82) is 0 Å². The average molecular weight is 494 g/mol. The van der Waals surface area contributed by atoms with E-state index in [9.17, 15) is 22.4 Å². The number of rotatable bonds is 7. The summed E-state index contributed by atoms with van der Waals surface area (Å²) in [6.45, 7) is -0.244. The van der Waals surface area contributed by atoms with Crippen LogP contribution in [0, 0.1) is 0 Å². The van der Waals surface area contributed by atoms with Crippen molar-refractivity contribution in [2.24, 2.45) is 0 Å². The number of nitrogens with one attached hydrogen (secondary N) is 1. The van der Waals surface area contributed by atoms with E-state index in [2.05, 4.69) is 20.3 Å². The van der Waals surface area contributed by atoms with E-state index in [1.807, 2.05) is 0 Å². The van der Waals surface area contributed by atoms with Crippen molar-refractivity contribution in [3.05, 3.63) is 41.1 Å². The number of carbonyl (C=O) groups is 1. The quantitative estimate of drug-likeness (QED) is 0.585. The summed E-state index contributed by atoms with van der Waals surface area (Å²) in [5, 5.41) is 10.8. The topological polar surface area (TPSA) is 95.7 Å². The zero-order chi connectivity index (χ0) is 23.6. The molecule has 0 radical (unpaired) electrons. The highest BCUT2D eigenvalue weighted by molar-refractivity contribution is 6.30. The Balaban J connectivity index is 1.22. The van der Waals surface area contributed by atoms with Gasteiger partial charge in [0.15, 0.2) is 12.7 Å². The Labute approximate surface area is 190 Å². The van der Waals surface area contributed by atoms with Crippen LogP contribution in [0.15, 0.2) is 28.7 Å². The van der Waals surface area contributed by atoms with Crippen LogP contribution in [0.3, 0.4) is 0 Å². The molecule has 1 saturated heterocycles. The summed E-state index contributed by atoms with van der Waals surface area (Å²) >= 11 is 5.78. The predicted molar refractivity (Wildman–Crippen MR) is 104 cm³/mol. The van der Waals surface area contributed by atoms with Gasteiger partial charge in [-0.25, -0.2) is 4.39 Å². The van der Waals surface area contributed by atoms with Gasteiger partial charge in [-0.1, -0.05) is 11.6 Å². The van der Waals surface area contributed by atoms with Crippen LogP contribution in [0.2, 0.25) is 5.02 Å². The van der Waals surface area contributed by atoms with Gasteiger partial charge in [-0.3, -0.25) is 9.53 Å². The van der Waals surface area contributed by atoms with E-state index in [-0.39, 0.29) is 50.2 Å². The lowest BCUT2D eigenvalue weighted by Crippen LogP contribution is -2.46. The molecule has 4 rings (SSSR count). The van der Waals surface area contributed by atoms with Crippen molar-refractivity contribution in [1.82, 2.24) is 15.5 Å². The third-order valence-electron chi connectivity index (χ3n) is 5.31. The molecule has 1 aliphatic heterocycles. The molecule has 1 aliphatic carbocycles. The van der Waals surface area contributed by atoms with Crippen molar-refractivity contribution in [2.75, 3.05) is 13.2 Å². The summed E-state index contributed by atoms with van der Waals surface area (Å²) in [5.74, 6) is -0.322. The second kappa shape index (κ2) is 9.82. The summed E-state index contributed by atoms with van der Waals surface area (Å²) in [6, 6.07) is 5.91. The van der Waals surface area contributed by atoms with Crippen LogP contribution in [0.25, 0.3) is 0 Å². The number of halogens is 5. The number of hydrogen-bond acceptors (Lipinski definition) is 7. The summed E-state index contributed by atoms with van der Waals surface area (Å²) in [7, 11) is 0. The Morgan fingerprint density at radius 3 is 2.52 bits per heavy atom. The molecule has 2 aliphatic rings. The van der Waals surface area contributed by atoms with E-state index in [0.29, 0.717) is 10.8 Å². The summed E-state index contributed by atoms with van der Waals surface area (Å²) in [5.41, 5.74) is 0. The molecule has 0 bridgehead atoms. The molecule has 13 heteroatoms. The number of carbonyl (C=O) groups excluding carboxylic acids is 1. The third kappa shape index (κ3) is 6.33. The van der Waals surface area contributed by atoms with Gasteiger partial charge < -0.3 is 19.2 Å². The number of alkyl halides is 4. The largest absolute Gasteiger partial charge is 0.522 e. The molecule has 0 unspecified atom stereocenters. The van der Waals surface area contributed by atoms with E-state index in [1.54, 1.807) is 24.3 Å². The van der Waals surface area contributed by atoms with E-state index >= 15 is 0 Å². The molecular formula is C20H20ClF4N3O5. The van der Waals surface area contributed by atoms with Crippen LogP contribution < -0.4 is 10.1 Å². The van der Waals surface area contributed by atoms with Gasteiger partial charge in [-0.05, 0) is 37.1 Å². The number of hydrogen-bond donors (Lipinski definition) is 1. The van der Waals surface area contributed by atoms with E-state index in [4.69, 9.17) is 25.5 Å². The maximum atomic E-state index is 14.7. The monoisotopic (exact) mass is 493 g/mol. The standard InChI is InChI=1S/C20H20ClF4N3O5/c21-11-1-3-13(4-2-11)30-9-16(29)26-12-7-15(22)17(31-8-12)19-28-27-18(32-19)10-5-14(6-10)33-20(23,24)25/h1-4,10,12,14-15,17H,5-9H2,(H,26,29)/t10-,12-,14+,15-,17+/m0/s1. The lowest BCUT2D eigenvalue weighted by molar-refractivity contribution is -0.352. The molecular weight excluding hydrogens is 474 g/mol. The number of benzene rings is 1. The average Bonchev–Trinajstić information content (AvgIpc) is 3.18. The molecule has 2 fully saturated rings. The first-order valence-electron chi connectivity index (χ1n) is 10.2. The Bertz CT molecular complexity index is 952. The maximum absolute atomic E-state index is 14.7. The summed E-state index contributed by atoms with van der Waals surface area (Å²) in [4.78, 5) is 12.1. The van der Waals surface area contributed by atoms with E-state index < -0.39 is 36.7 Å². The maximum Gasteiger partial charge on any atom is 0.522 e. The number of nitrogens with zero attached hydrogens (tertiary/aromatic N) is 2. The number of ether oxygens (including phenoxy) is 3. The molecule has 180 valence electrons. The first-order chi connectivity index (χ1) is 15.7. The van der Waals surface area contributed by atoms with Gasteiger partial charge in [0.25, 0.3) is 5.91 Å². The molecule has 1 saturated carbocycles. The van der Waals surface area contributed by atoms with Crippen LogP contribution in [-0.2, 0) is 14.3 Å². The Hall–Kier alpha value is -2.44. The van der Waals surface area contributed by atoms with Crippen molar-refractivity contribution < 1.29 is 41.0 Å². The lowest BCUT2D eigenvalue weighted by atomic mass is 9.82. The molecule has 33 heavy (non-hydrogen) atoms. The number of amides is 1. The fraction of sp³-hybridized carbons (Fsp3) is 0.550. The van der Waals surface area contributed by atoms with Crippen molar-refractivity contribution in [3.63, 3.8) is 0 Å². The van der Waals surface area contributed by atoms with Gasteiger partial charge in [0.2, 0.25) is 11.8 Å². The normalized spacial score (nSPS) is 27.6. The molecule has 0 spiro atoms. The van der Waals surface area contributed by atoms with Crippen molar-refractivity contribution >= 4 is 17.5 Å². The molecule has 2 heterocycles. The van der Waals surface area contributed by atoms with Crippen molar-refractivity contribution in [3.8, 4) is 5.75 Å². The fourth-order valence-corrected chi connectivity index (χ4v) is 3.77. The van der Waals surface area contributed by atoms with E-state index in [1.165, 1.54) is 0 Å². The van der Waals surface area contributed by atoms with Crippen molar-refractivity contribution in [2.45, 2.75) is 56.0 Å². The Morgan fingerprint density at radius 2 is 1.85 bits per heavy atom. The second-order valence-corrected chi connectivity index (χ2v) is 8.28. The van der Waals surface area contributed by atoms with Crippen LogP contribution >= 0.6 is 11.6 Å². The molecule has 1 amide bonds. The van der Waals surface area contributed by atoms with E-state index in [0.717, 1.165) is 0 Å². The number of aromatic nitrogens is 2. The molecule has 2 aromatic rings. The third-order valence-corrected chi connectivity index (χ3v) is 5.56. The molecule has 8 nitrogen and oxygen atoms in total. The highest BCUT2D eigenvalue weighted by atomic mass is 35.5. The zero-order valence-electron chi connectivity index (χ0n) is 17.1. The highest BCUT2D eigenvalue weighted by Gasteiger charge is 2.43. The fourth-order valence-electron chi connectivity index (χ4n) is 3.64. The second-order valence-electron chi connectivity index (χ2n) is 7.85. The Kier molecular flexibility index (Phi) is 7.05. The summed E-state index contributed by atoms with van der Waals surface area (Å²) in [6.07, 6.45) is -8.18. The van der Waals surface area contributed by atoms with Gasteiger partial charge >= 0.3 is 6.36 Å². The zero-order valence-corrected chi connectivity index (χ0v) is 17.8. The van der Waals surface area contributed by atoms with Gasteiger partial charge in [-0.2, -0.15) is 0 Å². The van der Waals surface area contributed by atoms with Crippen LogP contribution in [0.1, 0.15) is 43.1 Å². The lowest BCUT2D eigenvalue weighted by Gasteiger charge is -2.33. The van der Waals surface area contributed by atoms with Crippen LogP contribution in [0.4, 0.5) is 17.6 Å². The first-order valence-corrected chi connectivity index (χ1v) is 10.6. The van der Waals surface area contributed by atoms with Crippen LogP contribution in [-0.4, -0.2) is 54.0 Å². The molecule has 1 aromatic heterocycles. The van der Waals surface area contributed by atoms with Gasteiger partial charge in [0.1, 0.15) is 11.9 Å². The minimum Gasteiger partial charge on any atom is -0.484 e. The van der Waals surface area contributed by atoms with Gasteiger partial charge in [0.05, 0.1) is 18.8 Å². The smallest absolute Gasteiger partial charge is 0.484 e. The minimum atomic E-state index is -4.69. The Morgan fingerprint density at radius 1 is 1.15 bits per heavy atom. The first kappa shape index (κ1) is 23.7. The molecule has 1 aromatic carbocycles. The van der Waals surface area contributed by atoms with Gasteiger partial charge in [-0.15, -0.1) is 23.4 Å². The van der Waals surface area contributed by atoms with Gasteiger partial charge in [0, 0.05) is 17.4 Å². The highest BCUT2D eigenvalue weighted by Crippen LogP contribution is 2.41. The SMILES string of the molecule is O=C(COc1ccc(Cl)cc1)N[C@@H]1CO[C@@H](c2nnc([C@H]3C[C@@H](OC(F)(F)F)C3)o2)[C@@H](F)C1. The summed E-state index contributed by atoms with van der Waals surface area (Å²) < 4.78 is 71.6. The van der Waals surface area contributed by atoms with Crippen LogP contribution in [0.5, 0.6) is 5.75 Å². The molecule has 3 atom stereocenters. The predicted octanol–water partition coefficient (Wildman–Crippen LogP) is 3.87. The minimum absolute atomic E-state index is 0.0143.